The summed E-state index contributed by atoms with van der Waals surface area (Å²) in [6.45, 7) is 6.01. The van der Waals surface area contributed by atoms with Gasteiger partial charge in [-0.15, -0.1) is 0 Å². The van der Waals surface area contributed by atoms with Gasteiger partial charge in [0.1, 0.15) is 0 Å². The Morgan fingerprint density at radius 3 is 2.25 bits per heavy atom. The first kappa shape index (κ1) is 11.1. The highest BCUT2D eigenvalue weighted by Gasteiger charge is 2.04. The van der Waals surface area contributed by atoms with E-state index in [2.05, 4.69) is 15.7 Å². The SMILES string of the molecule is CN(C)N/C=C/N=N/C(C)(C)C. The molecule has 0 bridgehead atoms. The van der Waals surface area contributed by atoms with Crippen molar-refractivity contribution in [2.75, 3.05) is 14.1 Å². The third-order valence-corrected chi connectivity index (χ3v) is 0.832. The Bertz CT molecular complexity index is 164. The first-order valence-corrected chi connectivity index (χ1v) is 3.92. The van der Waals surface area contributed by atoms with Crippen LogP contribution in [0.25, 0.3) is 0 Å². The summed E-state index contributed by atoms with van der Waals surface area (Å²) < 4.78 is 0. The van der Waals surface area contributed by atoms with E-state index < -0.39 is 0 Å². The second kappa shape index (κ2) is 4.87. The molecule has 0 rings (SSSR count). The van der Waals surface area contributed by atoms with Crippen LogP contribution in [-0.2, 0) is 0 Å². The van der Waals surface area contributed by atoms with Crippen LogP contribution in [0, 0.1) is 0 Å². The molecule has 0 radical (unpaired) electrons. The molecular weight excluding hydrogens is 152 g/mol. The summed E-state index contributed by atoms with van der Waals surface area (Å²) in [4.78, 5) is 0. The minimum Gasteiger partial charge on any atom is -0.325 e. The summed E-state index contributed by atoms with van der Waals surface area (Å²) >= 11 is 0. The highest BCUT2D eigenvalue weighted by atomic mass is 15.5. The Kier molecular flexibility index (Phi) is 4.51. The third kappa shape index (κ3) is 9.10. The average molecular weight is 170 g/mol. The number of nitrogens with one attached hydrogen (secondary N) is 1. The summed E-state index contributed by atoms with van der Waals surface area (Å²) in [5.41, 5.74) is 2.84. The van der Waals surface area contributed by atoms with Crippen molar-refractivity contribution in [3.63, 3.8) is 0 Å². The highest BCUT2D eigenvalue weighted by Crippen LogP contribution is 2.06. The lowest BCUT2D eigenvalue weighted by Gasteiger charge is -2.08. The molecule has 0 fully saturated rings. The van der Waals surface area contributed by atoms with Crippen molar-refractivity contribution in [2.24, 2.45) is 10.2 Å². The Labute approximate surface area is 74.3 Å². The van der Waals surface area contributed by atoms with Crippen LogP contribution in [0.2, 0.25) is 0 Å². The van der Waals surface area contributed by atoms with Gasteiger partial charge in [0.05, 0.1) is 11.7 Å². The van der Waals surface area contributed by atoms with Crippen LogP contribution in [-0.4, -0.2) is 24.6 Å². The molecule has 0 saturated heterocycles. The topological polar surface area (TPSA) is 40.0 Å². The summed E-state index contributed by atoms with van der Waals surface area (Å²) in [6.07, 6.45) is 3.36. The molecular formula is C8H18N4. The Hall–Kier alpha value is -0.900. The van der Waals surface area contributed by atoms with Gasteiger partial charge < -0.3 is 5.43 Å². The average Bonchev–Trinajstić information content (AvgIpc) is 1.83. The Morgan fingerprint density at radius 1 is 1.25 bits per heavy atom. The van der Waals surface area contributed by atoms with Crippen molar-refractivity contribution in [1.82, 2.24) is 10.4 Å². The van der Waals surface area contributed by atoms with Gasteiger partial charge >= 0.3 is 0 Å². The lowest BCUT2D eigenvalue weighted by molar-refractivity contribution is 0.342. The standard InChI is InChI=1S/C8H18N4/c1-8(2,3)11-9-6-7-10-12(4)5/h6-7,10H,1-5H3/b7-6+,11-9+. The quantitative estimate of drug-likeness (QED) is 0.518. The first-order chi connectivity index (χ1) is 5.42. The van der Waals surface area contributed by atoms with Gasteiger partial charge in [0.15, 0.2) is 0 Å². The number of rotatable bonds is 3. The minimum atomic E-state index is -0.0948. The summed E-state index contributed by atoms with van der Waals surface area (Å²) in [5, 5.41) is 9.73. The van der Waals surface area contributed by atoms with Gasteiger partial charge in [0.25, 0.3) is 0 Å². The van der Waals surface area contributed by atoms with Gasteiger partial charge in [-0.25, -0.2) is 5.01 Å². The zero-order valence-corrected chi connectivity index (χ0v) is 8.50. The number of hydrogen-bond acceptors (Lipinski definition) is 4. The fraction of sp³-hybridized carbons (Fsp3) is 0.750. The molecule has 0 heterocycles. The lowest BCUT2D eigenvalue weighted by atomic mass is 10.1. The summed E-state index contributed by atoms with van der Waals surface area (Å²) in [5.74, 6) is 0. The molecule has 0 amide bonds. The molecule has 0 aromatic rings. The van der Waals surface area contributed by atoms with Crippen LogP contribution >= 0.6 is 0 Å². The first-order valence-electron chi connectivity index (χ1n) is 3.92. The van der Waals surface area contributed by atoms with E-state index in [0.717, 1.165) is 0 Å². The van der Waals surface area contributed by atoms with E-state index in [1.807, 2.05) is 39.9 Å². The van der Waals surface area contributed by atoms with E-state index in [-0.39, 0.29) is 5.54 Å². The molecule has 4 heteroatoms. The van der Waals surface area contributed by atoms with E-state index in [4.69, 9.17) is 0 Å². The van der Waals surface area contributed by atoms with Crippen LogP contribution < -0.4 is 5.43 Å². The molecule has 0 aromatic carbocycles. The van der Waals surface area contributed by atoms with Gasteiger partial charge in [-0.2, -0.15) is 10.2 Å². The number of azo groups is 1. The fourth-order valence-electron chi connectivity index (χ4n) is 0.422. The molecule has 0 saturated carbocycles. The molecule has 12 heavy (non-hydrogen) atoms. The number of hydrogen-bond donors (Lipinski definition) is 1. The lowest BCUT2D eigenvalue weighted by Crippen LogP contribution is -2.24. The van der Waals surface area contributed by atoms with Crippen molar-refractivity contribution >= 4 is 0 Å². The maximum absolute atomic E-state index is 4.03. The molecule has 0 unspecified atom stereocenters. The van der Waals surface area contributed by atoms with E-state index >= 15 is 0 Å². The maximum atomic E-state index is 4.03. The van der Waals surface area contributed by atoms with Crippen LogP contribution in [0.3, 0.4) is 0 Å². The summed E-state index contributed by atoms with van der Waals surface area (Å²) in [7, 11) is 3.82. The highest BCUT2D eigenvalue weighted by molar-refractivity contribution is 4.76. The zero-order valence-electron chi connectivity index (χ0n) is 8.50. The number of nitrogens with zero attached hydrogens (tertiary/aromatic N) is 3. The van der Waals surface area contributed by atoms with E-state index in [0.29, 0.717) is 0 Å². The molecule has 4 nitrogen and oxygen atoms in total. The van der Waals surface area contributed by atoms with E-state index in [1.165, 1.54) is 0 Å². The van der Waals surface area contributed by atoms with Crippen LogP contribution in [0.1, 0.15) is 20.8 Å². The fourth-order valence-corrected chi connectivity index (χ4v) is 0.422. The second-order valence-corrected chi connectivity index (χ2v) is 3.73. The summed E-state index contributed by atoms with van der Waals surface area (Å²) in [6, 6.07) is 0. The van der Waals surface area contributed by atoms with Gasteiger partial charge in [0.2, 0.25) is 0 Å². The minimum absolute atomic E-state index is 0.0948. The predicted molar refractivity (Wildman–Crippen MR) is 50.6 cm³/mol. The zero-order chi connectivity index (χ0) is 9.61. The normalized spacial score (nSPS) is 13.5. The van der Waals surface area contributed by atoms with Crippen molar-refractivity contribution in [2.45, 2.75) is 26.3 Å². The van der Waals surface area contributed by atoms with Gasteiger partial charge in [0, 0.05) is 20.3 Å². The molecule has 0 aliphatic heterocycles. The van der Waals surface area contributed by atoms with Crippen LogP contribution in [0.15, 0.2) is 22.6 Å². The van der Waals surface area contributed by atoms with Crippen LogP contribution in [0.5, 0.6) is 0 Å². The van der Waals surface area contributed by atoms with Gasteiger partial charge in [-0.1, -0.05) is 0 Å². The molecule has 70 valence electrons. The maximum Gasteiger partial charge on any atom is 0.0736 e. The molecule has 1 N–H and O–H groups in total. The smallest absolute Gasteiger partial charge is 0.0736 e. The van der Waals surface area contributed by atoms with Gasteiger partial charge in [-0.05, 0) is 20.8 Å². The van der Waals surface area contributed by atoms with Gasteiger partial charge in [-0.3, -0.25) is 0 Å². The molecule has 0 atom stereocenters. The molecule has 0 aliphatic carbocycles. The predicted octanol–water partition coefficient (Wildman–Crippen LogP) is 1.77. The Morgan fingerprint density at radius 2 is 1.83 bits per heavy atom. The molecule has 0 aromatic heterocycles. The largest absolute Gasteiger partial charge is 0.325 e. The third-order valence-electron chi connectivity index (χ3n) is 0.832. The van der Waals surface area contributed by atoms with Crippen molar-refractivity contribution in [3.05, 3.63) is 12.4 Å². The molecule has 0 spiro atoms. The van der Waals surface area contributed by atoms with Crippen molar-refractivity contribution in [3.8, 4) is 0 Å². The monoisotopic (exact) mass is 170 g/mol. The van der Waals surface area contributed by atoms with Crippen molar-refractivity contribution in [1.29, 1.82) is 0 Å². The number of hydrazine groups is 1. The molecule has 0 aliphatic rings. The van der Waals surface area contributed by atoms with Crippen molar-refractivity contribution < 1.29 is 0 Å². The second-order valence-electron chi connectivity index (χ2n) is 3.73. The van der Waals surface area contributed by atoms with E-state index in [1.54, 1.807) is 12.4 Å². The Balaban J connectivity index is 3.67. The van der Waals surface area contributed by atoms with Crippen LogP contribution in [0.4, 0.5) is 0 Å². The van der Waals surface area contributed by atoms with E-state index in [9.17, 15) is 0 Å².